The SMILES string of the molecule is CNCCCN1CCN(CCC(N)=O)CC1. The summed E-state index contributed by atoms with van der Waals surface area (Å²) >= 11 is 0. The van der Waals surface area contributed by atoms with Gasteiger partial charge in [-0.3, -0.25) is 4.79 Å². The maximum atomic E-state index is 10.7. The summed E-state index contributed by atoms with van der Waals surface area (Å²) < 4.78 is 0. The first-order chi connectivity index (χ1) is 7.72. The van der Waals surface area contributed by atoms with Crippen LogP contribution in [0.3, 0.4) is 0 Å². The molecule has 94 valence electrons. The number of nitrogens with one attached hydrogen (secondary N) is 1. The van der Waals surface area contributed by atoms with Crippen molar-refractivity contribution in [2.75, 3.05) is 52.9 Å². The Bertz CT molecular complexity index is 202. The van der Waals surface area contributed by atoms with Crippen molar-refractivity contribution >= 4 is 5.91 Å². The summed E-state index contributed by atoms with van der Waals surface area (Å²) in [5, 5.41) is 3.16. The van der Waals surface area contributed by atoms with Crippen molar-refractivity contribution in [3.8, 4) is 0 Å². The van der Waals surface area contributed by atoms with Gasteiger partial charge >= 0.3 is 0 Å². The summed E-state index contributed by atoms with van der Waals surface area (Å²) in [6, 6.07) is 0. The topological polar surface area (TPSA) is 61.6 Å². The average Bonchev–Trinajstić information content (AvgIpc) is 2.28. The molecular formula is C11H24N4O. The zero-order chi connectivity index (χ0) is 11.8. The molecule has 0 saturated carbocycles. The molecule has 3 N–H and O–H groups in total. The molecule has 1 amide bonds. The maximum Gasteiger partial charge on any atom is 0.218 e. The van der Waals surface area contributed by atoms with E-state index < -0.39 is 0 Å². The van der Waals surface area contributed by atoms with E-state index >= 15 is 0 Å². The zero-order valence-corrected chi connectivity index (χ0v) is 10.2. The number of nitrogens with zero attached hydrogens (tertiary/aromatic N) is 2. The normalized spacial score (nSPS) is 18.8. The summed E-state index contributed by atoms with van der Waals surface area (Å²) in [5.41, 5.74) is 5.13. The van der Waals surface area contributed by atoms with E-state index in [2.05, 4.69) is 15.1 Å². The molecule has 0 radical (unpaired) electrons. The fourth-order valence-electron chi connectivity index (χ4n) is 1.98. The lowest BCUT2D eigenvalue weighted by Crippen LogP contribution is -2.47. The van der Waals surface area contributed by atoms with Crippen LogP contribution in [0.25, 0.3) is 0 Å². The Hall–Kier alpha value is -0.650. The molecule has 0 aromatic carbocycles. The minimum absolute atomic E-state index is 0.198. The van der Waals surface area contributed by atoms with Crippen LogP contribution >= 0.6 is 0 Å². The number of primary amides is 1. The predicted molar refractivity (Wildman–Crippen MR) is 65.2 cm³/mol. The van der Waals surface area contributed by atoms with Crippen molar-refractivity contribution in [2.24, 2.45) is 5.73 Å². The first-order valence-electron chi connectivity index (χ1n) is 6.10. The smallest absolute Gasteiger partial charge is 0.218 e. The first-order valence-corrected chi connectivity index (χ1v) is 6.10. The summed E-state index contributed by atoms with van der Waals surface area (Å²) in [7, 11) is 1.99. The molecule has 1 heterocycles. The fourth-order valence-corrected chi connectivity index (χ4v) is 1.98. The van der Waals surface area contributed by atoms with Gasteiger partial charge < -0.3 is 20.9 Å². The number of hydrogen-bond donors (Lipinski definition) is 2. The molecule has 1 aliphatic rings. The monoisotopic (exact) mass is 228 g/mol. The largest absolute Gasteiger partial charge is 0.370 e. The molecule has 1 fully saturated rings. The second-order valence-electron chi connectivity index (χ2n) is 4.36. The summed E-state index contributed by atoms with van der Waals surface area (Å²) in [6.45, 7) is 7.43. The fraction of sp³-hybridized carbons (Fsp3) is 0.909. The highest BCUT2D eigenvalue weighted by molar-refractivity contribution is 5.73. The Morgan fingerprint density at radius 3 is 2.25 bits per heavy atom. The number of amides is 1. The van der Waals surface area contributed by atoms with Gasteiger partial charge in [0.2, 0.25) is 5.91 Å². The van der Waals surface area contributed by atoms with E-state index in [4.69, 9.17) is 5.73 Å². The predicted octanol–water partition coefficient (Wildman–Crippen LogP) is -0.911. The molecule has 0 aromatic heterocycles. The Kier molecular flexibility index (Phi) is 6.37. The lowest BCUT2D eigenvalue weighted by molar-refractivity contribution is -0.118. The van der Waals surface area contributed by atoms with Crippen LogP contribution in [-0.2, 0) is 4.79 Å². The highest BCUT2D eigenvalue weighted by Gasteiger charge is 2.16. The van der Waals surface area contributed by atoms with E-state index in [0.29, 0.717) is 6.42 Å². The number of carbonyl (C=O) groups is 1. The molecule has 5 heteroatoms. The van der Waals surface area contributed by atoms with Crippen LogP contribution in [0, 0.1) is 0 Å². The molecule has 1 rings (SSSR count). The van der Waals surface area contributed by atoms with Crippen molar-refractivity contribution in [1.29, 1.82) is 0 Å². The molecule has 1 saturated heterocycles. The Balaban J connectivity index is 2.06. The van der Waals surface area contributed by atoms with E-state index in [9.17, 15) is 4.79 Å². The molecule has 16 heavy (non-hydrogen) atoms. The Morgan fingerprint density at radius 2 is 1.75 bits per heavy atom. The van der Waals surface area contributed by atoms with Gasteiger partial charge in [-0.15, -0.1) is 0 Å². The van der Waals surface area contributed by atoms with E-state index in [1.165, 1.54) is 13.0 Å². The van der Waals surface area contributed by atoms with Gasteiger partial charge in [0.1, 0.15) is 0 Å². The molecule has 0 aliphatic carbocycles. The number of carbonyl (C=O) groups excluding carboxylic acids is 1. The third-order valence-corrected chi connectivity index (χ3v) is 3.04. The third kappa shape index (κ3) is 5.44. The number of rotatable bonds is 7. The highest BCUT2D eigenvalue weighted by Crippen LogP contribution is 2.02. The lowest BCUT2D eigenvalue weighted by atomic mass is 10.2. The number of hydrogen-bond acceptors (Lipinski definition) is 4. The minimum atomic E-state index is -0.198. The standard InChI is InChI=1S/C11H24N4O/c1-13-4-2-5-14-7-9-15(10-8-14)6-3-11(12)16/h13H,2-10H2,1H3,(H2,12,16). The molecular weight excluding hydrogens is 204 g/mol. The average molecular weight is 228 g/mol. The molecule has 0 unspecified atom stereocenters. The van der Waals surface area contributed by atoms with Crippen LogP contribution < -0.4 is 11.1 Å². The van der Waals surface area contributed by atoms with Gasteiger partial charge in [0.15, 0.2) is 0 Å². The highest BCUT2D eigenvalue weighted by atomic mass is 16.1. The maximum absolute atomic E-state index is 10.7. The van der Waals surface area contributed by atoms with Crippen LogP contribution in [0.1, 0.15) is 12.8 Å². The molecule has 0 atom stereocenters. The van der Waals surface area contributed by atoms with E-state index in [-0.39, 0.29) is 5.91 Å². The zero-order valence-electron chi connectivity index (χ0n) is 10.2. The second kappa shape index (κ2) is 7.60. The van der Waals surface area contributed by atoms with Gasteiger partial charge in [-0.25, -0.2) is 0 Å². The van der Waals surface area contributed by atoms with Gasteiger partial charge in [0.05, 0.1) is 0 Å². The van der Waals surface area contributed by atoms with Crippen molar-refractivity contribution in [2.45, 2.75) is 12.8 Å². The summed E-state index contributed by atoms with van der Waals surface area (Å²) in [5.74, 6) is -0.198. The minimum Gasteiger partial charge on any atom is -0.370 e. The van der Waals surface area contributed by atoms with Crippen LogP contribution in [0.15, 0.2) is 0 Å². The van der Waals surface area contributed by atoms with E-state index in [0.717, 1.165) is 39.3 Å². The number of piperazine rings is 1. The molecule has 0 aromatic rings. The molecule has 0 spiro atoms. The van der Waals surface area contributed by atoms with Crippen molar-refractivity contribution < 1.29 is 4.79 Å². The summed E-state index contributed by atoms with van der Waals surface area (Å²) in [4.78, 5) is 15.5. The van der Waals surface area contributed by atoms with Gasteiger partial charge in [0.25, 0.3) is 0 Å². The van der Waals surface area contributed by atoms with Crippen molar-refractivity contribution in [3.05, 3.63) is 0 Å². The second-order valence-corrected chi connectivity index (χ2v) is 4.36. The van der Waals surface area contributed by atoms with Crippen molar-refractivity contribution in [3.63, 3.8) is 0 Å². The van der Waals surface area contributed by atoms with Crippen LogP contribution in [0.4, 0.5) is 0 Å². The van der Waals surface area contributed by atoms with Gasteiger partial charge in [0, 0.05) is 39.1 Å². The Morgan fingerprint density at radius 1 is 1.19 bits per heavy atom. The van der Waals surface area contributed by atoms with E-state index in [1.54, 1.807) is 0 Å². The van der Waals surface area contributed by atoms with Gasteiger partial charge in [-0.2, -0.15) is 0 Å². The van der Waals surface area contributed by atoms with Gasteiger partial charge in [-0.05, 0) is 26.6 Å². The van der Waals surface area contributed by atoms with Gasteiger partial charge in [-0.1, -0.05) is 0 Å². The lowest BCUT2D eigenvalue weighted by Gasteiger charge is -2.34. The van der Waals surface area contributed by atoms with Crippen LogP contribution in [0.5, 0.6) is 0 Å². The quantitative estimate of drug-likeness (QED) is 0.554. The molecule has 5 nitrogen and oxygen atoms in total. The Labute approximate surface area is 98.0 Å². The van der Waals surface area contributed by atoms with E-state index in [1.807, 2.05) is 7.05 Å². The number of nitrogens with two attached hydrogens (primary N) is 1. The van der Waals surface area contributed by atoms with Crippen LogP contribution in [-0.4, -0.2) is 68.6 Å². The summed E-state index contributed by atoms with van der Waals surface area (Å²) in [6.07, 6.45) is 1.69. The van der Waals surface area contributed by atoms with Crippen LogP contribution in [0.2, 0.25) is 0 Å². The van der Waals surface area contributed by atoms with Crippen molar-refractivity contribution in [1.82, 2.24) is 15.1 Å². The molecule has 1 aliphatic heterocycles. The molecule has 0 bridgehead atoms. The third-order valence-electron chi connectivity index (χ3n) is 3.04. The first kappa shape index (κ1) is 13.4.